The van der Waals surface area contributed by atoms with Gasteiger partial charge in [-0.1, -0.05) is 6.07 Å². The lowest BCUT2D eigenvalue weighted by Gasteiger charge is -2.20. The molecule has 0 spiro atoms. The molecule has 0 atom stereocenters. The molecular formula is C16H20N4O3S2. The van der Waals surface area contributed by atoms with Crippen LogP contribution in [0.3, 0.4) is 0 Å². The van der Waals surface area contributed by atoms with Crippen molar-refractivity contribution in [2.75, 3.05) is 26.2 Å². The SMILES string of the molecule is Cn1cnc(S(=O)(=O)N2CCCN(C(=O)C=Cc3cccs3)CC2)c1. The molecule has 0 bridgehead atoms. The summed E-state index contributed by atoms with van der Waals surface area (Å²) < 4.78 is 28.3. The number of imidazole rings is 1. The highest BCUT2D eigenvalue weighted by Crippen LogP contribution is 2.16. The maximum Gasteiger partial charge on any atom is 0.262 e. The fraction of sp³-hybridized carbons (Fsp3) is 0.375. The largest absolute Gasteiger partial charge is 0.339 e. The summed E-state index contributed by atoms with van der Waals surface area (Å²) in [5.74, 6) is -0.0921. The Hall–Kier alpha value is -1.97. The van der Waals surface area contributed by atoms with E-state index in [0.717, 1.165) is 4.88 Å². The van der Waals surface area contributed by atoms with Crippen LogP contribution in [-0.2, 0) is 21.9 Å². The van der Waals surface area contributed by atoms with Crippen molar-refractivity contribution in [2.45, 2.75) is 11.4 Å². The standard InChI is InChI=1S/C16H20N4O3S2/c1-18-12-15(17-13-18)25(22,23)20-8-3-7-19(9-10-20)16(21)6-5-14-4-2-11-24-14/h2,4-6,11-13H,3,7-10H2,1H3. The molecule has 0 aromatic carbocycles. The number of sulfonamides is 1. The Morgan fingerprint density at radius 2 is 2.12 bits per heavy atom. The average molecular weight is 380 g/mol. The first-order valence-electron chi connectivity index (χ1n) is 7.95. The Kier molecular flexibility index (Phi) is 5.36. The fourth-order valence-electron chi connectivity index (χ4n) is 2.65. The molecule has 0 unspecified atom stereocenters. The molecule has 0 saturated carbocycles. The first kappa shape index (κ1) is 17.8. The second kappa shape index (κ2) is 7.51. The first-order valence-corrected chi connectivity index (χ1v) is 10.3. The molecule has 134 valence electrons. The van der Waals surface area contributed by atoms with Crippen LogP contribution in [0.5, 0.6) is 0 Å². The van der Waals surface area contributed by atoms with Gasteiger partial charge in [0.15, 0.2) is 5.03 Å². The smallest absolute Gasteiger partial charge is 0.262 e. The van der Waals surface area contributed by atoms with Gasteiger partial charge in [0.2, 0.25) is 5.91 Å². The van der Waals surface area contributed by atoms with Gasteiger partial charge in [0.1, 0.15) is 0 Å². The summed E-state index contributed by atoms with van der Waals surface area (Å²) >= 11 is 1.57. The van der Waals surface area contributed by atoms with Crippen molar-refractivity contribution in [3.8, 4) is 0 Å². The molecular weight excluding hydrogens is 360 g/mol. The second-order valence-electron chi connectivity index (χ2n) is 5.81. The molecule has 0 N–H and O–H groups in total. The Balaban J connectivity index is 1.65. The van der Waals surface area contributed by atoms with E-state index in [4.69, 9.17) is 0 Å². The van der Waals surface area contributed by atoms with Gasteiger partial charge in [-0.3, -0.25) is 4.79 Å². The van der Waals surface area contributed by atoms with Crippen LogP contribution >= 0.6 is 11.3 Å². The number of amides is 1. The maximum absolute atomic E-state index is 12.6. The summed E-state index contributed by atoms with van der Waals surface area (Å²) in [5.41, 5.74) is 0. The molecule has 1 saturated heterocycles. The number of aryl methyl sites for hydroxylation is 1. The van der Waals surface area contributed by atoms with E-state index in [1.54, 1.807) is 40.0 Å². The van der Waals surface area contributed by atoms with E-state index in [9.17, 15) is 13.2 Å². The van der Waals surface area contributed by atoms with E-state index >= 15 is 0 Å². The number of carbonyl (C=O) groups is 1. The van der Waals surface area contributed by atoms with E-state index in [0.29, 0.717) is 26.1 Å². The highest BCUT2D eigenvalue weighted by molar-refractivity contribution is 7.89. The van der Waals surface area contributed by atoms with Crippen LogP contribution in [-0.4, -0.2) is 59.3 Å². The van der Waals surface area contributed by atoms with Crippen molar-refractivity contribution in [1.82, 2.24) is 18.8 Å². The van der Waals surface area contributed by atoms with Gasteiger partial charge < -0.3 is 9.47 Å². The van der Waals surface area contributed by atoms with Gasteiger partial charge in [0, 0.05) is 50.4 Å². The van der Waals surface area contributed by atoms with Gasteiger partial charge in [-0.05, 0) is 23.9 Å². The van der Waals surface area contributed by atoms with Crippen molar-refractivity contribution in [3.63, 3.8) is 0 Å². The minimum atomic E-state index is -3.61. The van der Waals surface area contributed by atoms with Crippen molar-refractivity contribution in [3.05, 3.63) is 41.0 Å². The monoisotopic (exact) mass is 380 g/mol. The van der Waals surface area contributed by atoms with Crippen LogP contribution in [0.2, 0.25) is 0 Å². The van der Waals surface area contributed by atoms with E-state index < -0.39 is 10.0 Å². The van der Waals surface area contributed by atoms with Crippen molar-refractivity contribution in [2.24, 2.45) is 7.05 Å². The van der Waals surface area contributed by atoms with E-state index in [-0.39, 0.29) is 17.5 Å². The molecule has 2 aromatic rings. The van der Waals surface area contributed by atoms with Gasteiger partial charge >= 0.3 is 0 Å². The highest BCUT2D eigenvalue weighted by Gasteiger charge is 2.29. The molecule has 1 amide bonds. The average Bonchev–Trinajstić information content (AvgIpc) is 3.19. The highest BCUT2D eigenvalue weighted by atomic mass is 32.2. The first-order chi connectivity index (χ1) is 12.0. The minimum absolute atomic E-state index is 0.0485. The summed E-state index contributed by atoms with van der Waals surface area (Å²) in [7, 11) is -1.88. The topological polar surface area (TPSA) is 75.5 Å². The van der Waals surface area contributed by atoms with Crippen LogP contribution in [0, 0.1) is 0 Å². The Morgan fingerprint density at radius 3 is 2.80 bits per heavy atom. The van der Waals surface area contributed by atoms with Crippen LogP contribution < -0.4 is 0 Å². The Morgan fingerprint density at radius 1 is 1.28 bits per heavy atom. The van der Waals surface area contributed by atoms with Crippen LogP contribution in [0.15, 0.2) is 41.1 Å². The maximum atomic E-state index is 12.6. The summed E-state index contributed by atoms with van der Waals surface area (Å²) in [4.78, 5) is 19.0. The number of nitrogens with zero attached hydrogens (tertiary/aromatic N) is 4. The zero-order valence-electron chi connectivity index (χ0n) is 13.9. The molecule has 3 heterocycles. The minimum Gasteiger partial charge on any atom is -0.339 e. The Bertz CT molecular complexity index is 856. The van der Waals surface area contributed by atoms with Gasteiger partial charge in [-0.15, -0.1) is 11.3 Å². The number of hydrogen-bond acceptors (Lipinski definition) is 5. The lowest BCUT2D eigenvalue weighted by atomic mass is 10.3. The molecule has 1 aliphatic rings. The predicted octanol–water partition coefficient (Wildman–Crippen LogP) is 1.42. The number of aromatic nitrogens is 2. The third kappa shape index (κ3) is 4.17. The van der Waals surface area contributed by atoms with Gasteiger partial charge in [0.05, 0.1) is 6.33 Å². The van der Waals surface area contributed by atoms with Gasteiger partial charge in [-0.2, -0.15) is 4.31 Å². The second-order valence-corrected chi connectivity index (χ2v) is 8.67. The van der Waals surface area contributed by atoms with E-state index in [2.05, 4.69) is 4.98 Å². The fourth-order valence-corrected chi connectivity index (χ4v) is 4.71. The molecule has 25 heavy (non-hydrogen) atoms. The normalized spacial score (nSPS) is 17.1. The lowest BCUT2D eigenvalue weighted by molar-refractivity contribution is -0.125. The number of carbonyl (C=O) groups excluding carboxylic acids is 1. The molecule has 2 aromatic heterocycles. The van der Waals surface area contributed by atoms with Crippen LogP contribution in [0.4, 0.5) is 0 Å². The molecule has 0 radical (unpaired) electrons. The van der Waals surface area contributed by atoms with Gasteiger partial charge in [0.25, 0.3) is 10.0 Å². The number of thiophene rings is 1. The van der Waals surface area contributed by atoms with Gasteiger partial charge in [-0.25, -0.2) is 13.4 Å². The molecule has 7 nitrogen and oxygen atoms in total. The number of hydrogen-bond donors (Lipinski definition) is 0. The zero-order valence-corrected chi connectivity index (χ0v) is 15.5. The van der Waals surface area contributed by atoms with Crippen LogP contribution in [0.25, 0.3) is 6.08 Å². The van der Waals surface area contributed by atoms with E-state index in [1.165, 1.54) is 16.8 Å². The van der Waals surface area contributed by atoms with E-state index in [1.807, 2.05) is 17.5 Å². The van der Waals surface area contributed by atoms with Crippen molar-refractivity contribution in [1.29, 1.82) is 0 Å². The summed E-state index contributed by atoms with van der Waals surface area (Å²) in [6.07, 6.45) is 6.91. The summed E-state index contributed by atoms with van der Waals surface area (Å²) in [5, 5.41) is 2.00. The summed E-state index contributed by atoms with van der Waals surface area (Å²) in [6.45, 7) is 1.58. The predicted molar refractivity (Wildman–Crippen MR) is 96.5 cm³/mol. The lowest BCUT2D eigenvalue weighted by Crippen LogP contribution is -2.36. The summed E-state index contributed by atoms with van der Waals surface area (Å²) in [6, 6.07) is 3.87. The third-order valence-electron chi connectivity index (χ3n) is 3.99. The quantitative estimate of drug-likeness (QED) is 0.752. The molecule has 1 aliphatic heterocycles. The third-order valence-corrected chi connectivity index (χ3v) is 6.61. The van der Waals surface area contributed by atoms with Crippen molar-refractivity contribution >= 4 is 33.3 Å². The number of rotatable bonds is 4. The Labute approximate surface area is 151 Å². The molecule has 1 fully saturated rings. The zero-order chi connectivity index (χ0) is 17.9. The van der Waals surface area contributed by atoms with Crippen LogP contribution in [0.1, 0.15) is 11.3 Å². The van der Waals surface area contributed by atoms with Crippen molar-refractivity contribution < 1.29 is 13.2 Å². The molecule has 3 rings (SSSR count). The molecule has 0 aliphatic carbocycles. The molecule has 9 heteroatoms.